The van der Waals surface area contributed by atoms with Crippen LogP contribution in [-0.2, 0) is 0 Å². The summed E-state index contributed by atoms with van der Waals surface area (Å²) in [6.45, 7) is 7.81. The first-order valence-electron chi connectivity index (χ1n) is 15.2. The average Bonchev–Trinajstić information content (AvgIpc) is 2.93. The van der Waals surface area contributed by atoms with Crippen LogP contribution >= 0.6 is 0 Å². The van der Waals surface area contributed by atoms with Gasteiger partial charge in [-0.15, -0.1) is 0 Å². The van der Waals surface area contributed by atoms with Crippen molar-refractivity contribution < 1.29 is 29.2 Å². The number of ether oxygens (including phenoxy) is 3. The predicted octanol–water partition coefficient (Wildman–Crippen LogP) is 6.82. The molecule has 0 aliphatic rings. The fraction of sp³-hybridized carbons (Fsp3) is 0.774. The monoisotopic (exact) mass is 537 g/mol. The maximum Gasteiger partial charge on any atom is 0.251 e. The predicted molar refractivity (Wildman–Crippen MR) is 155 cm³/mol. The molecule has 0 aliphatic carbocycles. The Labute approximate surface area is 231 Å². The normalized spacial score (nSPS) is 11.8. The fourth-order valence-corrected chi connectivity index (χ4v) is 4.10. The number of aliphatic hydroxyl groups is 2. The summed E-state index contributed by atoms with van der Waals surface area (Å²) in [5, 5.41) is 21.4. The SMILES string of the molecule is CCCCCCCOc1cc(C(=O)NCC(O)CO)cc(OCCCCCCC)c1OCCCCCCC. The molecule has 1 unspecified atom stereocenters. The molecule has 1 atom stereocenters. The lowest BCUT2D eigenvalue weighted by atomic mass is 10.1. The lowest BCUT2D eigenvalue weighted by Gasteiger charge is -2.19. The minimum absolute atomic E-state index is 0.0351. The van der Waals surface area contributed by atoms with Gasteiger partial charge < -0.3 is 29.7 Å². The van der Waals surface area contributed by atoms with Crippen LogP contribution in [-0.4, -0.2) is 55.2 Å². The molecule has 3 N–H and O–H groups in total. The first kappa shape index (κ1) is 34.0. The van der Waals surface area contributed by atoms with E-state index in [4.69, 9.17) is 19.3 Å². The van der Waals surface area contributed by atoms with Crippen molar-refractivity contribution in [2.45, 2.75) is 123 Å². The van der Waals surface area contributed by atoms with Crippen molar-refractivity contribution in [1.29, 1.82) is 0 Å². The number of nitrogens with one attached hydrogen (secondary N) is 1. The van der Waals surface area contributed by atoms with E-state index in [1.54, 1.807) is 12.1 Å². The van der Waals surface area contributed by atoms with Crippen LogP contribution in [0.3, 0.4) is 0 Å². The molecular formula is C31H55NO6. The van der Waals surface area contributed by atoms with E-state index in [-0.39, 0.29) is 12.5 Å². The largest absolute Gasteiger partial charge is 0.490 e. The van der Waals surface area contributed by atoms with Crippen molar-refractivity contribution in [2.75, 3.05) is 33.0 Å². The van der Waals surface area contributed by atoms with Gasteiger partial charge in [0.15, 0.2) is 11.5 Å². The fourth-order valence-electron chi connectivity index (χ4n) is 4.10. The number of benzene rings is 1. The minimum Gasteiger partial charge on any atom is -0.490 e. The molecule has 0 aliphatic heterocycles. The second kappa shape index (κ2) is 22.9. The van der Waals surface area contributed by atoms with E-state index in [1.807, 2.05) is 0 Å². The third-order valence-corrected chi connectivity index (χ3v) is 6.50. The highest BCUT2D eigenvalue weighted by atomic mass is 16.5. The van der Waals surface area contributed by atoms with E-state index >= 15 is 0 Å². The highest BCUT2D eigenvalue weighted by Gasteiger charge is 2.19. The van der Waals surface area contributed by atoms with Crippen LogP contribution in [0, 0.1) is 0 Å². The van der Waals surface area contributed by atoms with Gasteiger partial charge in [-0.2, -0.15) is 0 Å². The molecule has 0 bridgehead atoms. The first-order chi connectivity index (χ1) is 18.6. The van der Waals surface area contributed by atoms with Gasteiger partial charge in [0.1, 0.15) is 0 Å². The summed E-state index contributed by atoms with van der Waals surface area (Å²) < 4.78 is 18.6. The molecule has 38 heavy (non-hydrogen) atoms. The zero-order valence-electron chi connectivity index (χ0n) is 24.4. The van der Waals surface area contributed by atoms with Gasteiger partial charge in [-0.05, 0) is 31.4 Å². The Hall–Kier alpha value is -1.99. The third-order valence-electron chi connectivity index (χ3n) is 6.50. The van der Waals surface area contributed by atoms with Crippen LogP contribution in [0.5, 0.6) is 17.2 Å². The number of amides is 1. The summed E-state index contributed by atoms with van der Waals surface area (Å²) >= 11 is 0. The van der Waals surface area contributed by atoms with Gasteiger partial charge in [-0.1, -0.05) is 97.8 Å². The van der Waals surface area contributed by atoms with Crippen LogP contribution < -0.4 is 19.5 Å². The number of hydrogen-bond acceptors (Lipinski definition) is 6. The van der Waals surface area contributed by atoms with Gasteiger partial charge in [0.2, 0.25) is 5.75 Å². The number of aliphatic hydroxyl groups excluding tert-OH is 2. The lowest BCUT2D eigenvalue weighted by molar-refractivity contribution is 0.0801. The van der Waals surface area contributed by atoms with Gasteiger partial charge in [-0.25, -0.2) is 0 Å². The van der Waals surface area contributed by atoms with Gasteiger partial charge in [0.25, 0.3) is 5.91 Å². The molecule has 1 aromatic rings. The Bertz CT molecular complexity index is 689. The number of rotatable bonds is 25. The molecular weight excluding hydrogens is 482 g/mol. The molecule has 1 amide bonds. The Morgan fingerprint density at radius 1 is 0.711 bits per heavy atom. The third kappa shape index (κ3) is 15.4. The summed E-state index contributed by atoms with van der Waals surface area (Å²) in [6.07, 6.45) is 15.9. The van der Waals surface area contributed by atoms with Crippen LogP contribution in [0.2, 0.25) is 0 Å². The zero-order valence-corrected chi connectivity index (χ0v) is 24.4. The van der Waals surface area contributed by atoms with Gasteiger partial charge in [0, 0.05) is 12.1 Å². The molecule has 0 heterocycles. The summed E-state index contributed by atoms with van der Waals surface area (Å²) in [4.78, 5) is 12.9. The van der Waals surface area contributed by atoms with Crippen molar-refractivity contribution >= 4 is 5.91 Å². The Morgan fingerprint density at radius 2 is 1.13 bits per heavy atom. The quantitative estimate of drug-likeness (QED) is 0.118. The van der Waals surface area contributed by atoms with E-state index in [9.17, 15) is 9.90 Å². The molecule has 7 nitrogen and oxygen atoms in total. The summed E-state index contributed by atoms with van der Waals surface area (Å²) in [5.41, 5.74) is 0.382. The van der Waals surface area contributed by atoms with Crippen LogP contribution in [0.25, 0.3) is 0 Å². The molecule has 0 fully saturated rings. The van der Waals surface area contributed by atoms with Crippen LogP contribution in [0.4, 0.5) is 0 Å². The number of hydrogen-bond donors (Lipinski definition) is 3. The lowest BCUT2D eigenvalue weighted by Crippen LogP contribution is -2.33. The maximum atomic E-state index is 12.9. The molecule has 0 spiro atoms. The van der Waals surface area contributed by atoms with E-state index < -0.39 is 12.7 Å². The van der Waals surface area contributed by atoms with Crippen molar-refractivity contribution in [3.05, 3.63) is 17.7 Å². The average molecular weight is 538 g/mol. The van der Waals surface area contributed by atoms with Crippen molar-refractivity contribution in [3.63, 3.8) is 0 Å². The van der Waals surface area contributed by atoms with Crippen molar-refractivity contribution in [2.24, 2.45) is 0 Å². The standard InChI is InChI=1S/C31H55NO6/c1-4-7-10-13-16-19-36-28-22-26(31(35)32-24-27(34)25-33)23-29(37-20-17-14-11-8-5-2)30(28)38-21-18-15-12-9-6-3/h22-23,27,33-34H,4-21,24-25H2,1-3H3,(H,32,35). The molecule has 7 heteroatoms. The van der Waals surface area contributed by atoms with E-state index in [2.05, 4.69) is 26.1 Å². The van der Waals surface area contributed by atoms with Gasteiger partial charge in [-0.3, -0.25) is 4.79 Å². The van der Waals surface area contributed by atoms with Crippen molar-refractivity contribution in [3.8, 4) is 17.2 Å². The number of carbonyl (C=O) groups is 1. The maximum absolute atomic E-state index is 12.9. The van der Waals surface area contributed by atoms with Gasteiger partial charge in [0.05, 0.1) is 32.5 Å². The molecule has 0 saturated heterocycles. The number of unbranched alkanes of at least 4 members (excludes halogenated alkanes) is 12. The minimum atomic E-state index is -1.01. The molecule has 0 radical (unpaired) electrons. The Morgan fingerprint density at radius 3 is 1.55 bits per heavy atom. The Kier molecular flexibility index (Phi) is 20.6. The molecule has 0 saturated carbocycles. The molecule has 220 valence electrons. The highest BCUT2D eigenvalue weighted by Crippen LogP contribution is 2.39. The molecule has 1 aromatic carbocycles. The summed E-state index contributed by atoms with van der Waals surface area (Å²) in [5.74, 6) is 1.24. The van der Waals surface area contributed by atoms with E-state index in [0.29, 0.717) is 42.6 Å². The van der Waals surface area contributed by atoms with Crippen LogP contribution in [0.15, 0.2) is 12.1 Å². The summed E-state index contributed by atoms with van der Waals surface area (Å²) in [6, 6.07) is 3.40. The second-order valence-electron chi connectivity index (χ2n) is 10.1. The number of carbonyl (C=O) groups excluding carboxylic acids is 1. The van der Waals surface area contributed by atoms with Crippen LogP contribution in [0.1, 0.15) is 127 Å². The van der Waals surface area contributed by atoms with Gasteiger partial charge >= 0.3 is 0 Å². The second-order valence-corrected chi connectivity index (χ2v) is 10.1. The molecule has 1 rings (SSSR count). The van der Waals surface area contributed by atoms with E-state index in [1.165, 1.54) is 57.8 Å². The zero-order chi connectivity index (χ0) is 27.8. The van der Waals surface area contributed by atoms with E-state index in [0.717, 1.165) is 38.5 Å². The van der Waals surface area contributed by atoms with Crippen molar-refractivity contribution in [1.82, 2.24) is 5.32 Å². The summed E-state index contributed by atoms with van der Waals surface area (Å²) in [7, 11) is 0. The smallest absolute Gasteiger partial charge is 0.251 e. The highest BCUT2D eigenvalue weighted by molar-refractivity contribution is 5.95. The topological polar surface area (TPSA) is 97.3 Å². The first-order valence-corrected chi connectivity index (χ1v) is 15.2. The molecule has 0 aromatic heterocycles. The Balaban J connectivity index is 3.04.